The van der Waals surface area contributed by atoms with Crippen LogP contribution in [0.2, 0.25) is 0 Å². The van der Waals surface area contributed by atoms with E-state index in [1.807, 2.05) is 0 Å². The SMILES string of the molecule is C=CCOC(=O)C(=CC1=CCC(=CCOC(=O)CC(C)=O)C=C1Cl)C(C)=O. The van der Waals surface area contributed by atoms with Crippen molar-refractivity contribution < 1.29 is 28.7 Å². The van der Waals surface area contributed by atoms with E-state index in [0.717, 1.165) is 5.57 Å². The Balaban J connectivity index is 2.80. The second-order valence-corrected chi connectivity index (χ2v) is 6.11. The first-order chi connectivity index (χ1) is 12.7. The van der Waals surface area contributed by atoms with Gasteiger partial charge in [0.15, 0.2) is 5.78 Å². The molecule has 0 amide bonds. The lowest BCUT2D eigenvalue weighted by Gasteiger charge is -2.12. The molecule has 144 valence electrons. The van der Waals surface area contributed by atoms with Gasteiger partial charge in [0.2, 0.25) is 0 Å². The van der Waals surface area contributed by atoms with Gasteiger partial charge < -0.3 is 9.47 Å². The zero-order valence-electron chi connectivity index (χ0n) is 15.2. The highest BCUT2D eigenvalue weighted by Gasteiger charge is 2.18. The first-order valence-corrected chi connectivity index (χ1v) is 8.54. The number of ketones is 2. The molecule has 0 radical (unpaired) electrons. The van der Waals surface area contributed by atoms with Gasteiger partial charge in [0.05, 0.1) is 0 Å². The minimum absolute atomic E-state index is 0.00130. The molecule has 0 heterocycles. The maximum absolute atomic E-state index is 11.9. The van der Waals surface area contributed by atoms with E-state index in [4.69, 9.17) is 21.1 Å². The molecule has 0 aromatic heterocycles. The fraction of sp³-hybridized carbons (Fsp3) is 0.300. The quantitative estimate of drug-likeness (QED) is 0.197. The Morgan fingerprint density at radius 2 is 1.89 bits per heavy atom. The van der Waals surface area contributed by atoms with Gasteiger partial charge in [-0.25, -0.2) is 4.79 Å². The summed E-state index contributed by atoms with van der Waals surface area (Å²) in [7, 11) is 0. The fourth-order valence-electron chi connectivity index (χ4n) is 2.07. The third-order valence-corrected chi connectivity index (χ3v) is 3.69. The highest BCUT2D eigenvalue weighted by Crippen LogP contribution is 2.27. The van der Waals surface area contributed by atoms with Crippen molar-refractivity contribution in [2.75, 3.05) is 13.2 Å². The number of carbonyl (C=O) groups excluding carboxylic acids is 4. The topological polar surface area (TPSA) is 86.7 Å². The minimum atomic E-state index is -0.744. The molecule has 1 rings (SSSR count). The molecule has 6 nitrogen and oxygen atoms in total. The zero-order chi connectivity index (χ0) is 20.4. The molecule has 0 fully saturated rings. The van der Waals surface area contributed by atoms with Crippen molar-refractivity contribution >= 4 is 35.1 Å². The monoisotopic (exact) mass is 392 g/mol. The number of Topliss-reactive ketones (excluding diaryl/α,β-unsaturated/α-hetero) is 2. The van der Waals surface area contributed by atoms with Crippen molar-refractivity contribution in [2.24, 2.45) is 0 Å². The Morgan fingerprint density at radius 3 is 2.44 bits per heavy atom. The molecule has 0 atom stereocenters. The molecule has 0 N–H and O–H groups in total. The van der Waals surface area contributed by atoms with Gasteiger partial charge in [-0.2, -0.15) is 0 Å². The molecule has 0 aromatic carbocycles. The summed E-state index contributed by atoms with van der Waals surface area (Å²) >= 11 is 6.22. The van der Waals surface area contributed by atoms with E-state index in [9.17, 15) is 19.2 Å². The first kappa shape index (κ1) is 22.3. The molecule has 1 aliphatic carbocycles. The molecule has 0 aliphatic heterocycles. The molecule has 0 unspecified atom stereocenters. The van der Waals surface area contributed by atoms with E-state index in [0.29, 0.717) is 17.0 Å². The van der Waals surface area contributed by atoms with Crippen LogP contribution in [0.4, 0.5) is 0 Å². The second kappa shape index (κ2) is 11.1. The van der Waals surface area contributed by atoms with E-state index in [-0.39, 0.29) is 31.0 Å². The van der Waals surface area contributed by atoms with Crippen molar-refractivity contribution in [3.8, 4) is 0 Å². The molecule has 0 saturated carbocycles. The lowest BCUT2D eigenvalue weighted by Crippen LogP contribution is -2.14. The summed E-state index contributed by atoms with van der Waals surface area (Å²) in [6.45, 7) is 6.05. The predicted molar refractivity (Wildman–Crippen MR) is 101 cm³/mol. The van der Waals surface area contributed by atoms with Crippen molar-refractivity contribution in [2.45, 2.75) is 26.7 Å². The van der Waals surface area contributed by atoms with Crippen LogP contribution in [0.15, 0.2) is 58.7 Å². The Bertz CT molecular complexity index is 767. The van der Waals surface area contributed by atoms with Gasteiger partial charge in [-0.3, -0.25) is 14.4 Å². The number of hydrogen-bond acceptors (Lipinski definition) is 6. The maximum Gasteiger partial charge on any atom is 0.342 e. The number of carbonyl (C=O) groups is 4. The Hall–Kier alpha value is -2.73. The Labute approximate surface area is 162 Å². The van der Waals surface area contributed by atoms with Crippen LogP contribution in [0.25, 0.3) is 0 Å². The van der Waals surface area contributed by atoms with Crippen LogP contribution < -0.4 is 0 Å². The predicted octanol–water partition coefficient (Wildman–Crippen LogP) is 3.13. The molecular weight excluding hydrogens is 372 g/mol. The van der Waals surface area contributed by atoms with E-state index in [1.165, 1.54) is 26.0 Å². The summed E-state index contributed by atoms with van der Waals surface area (Å²) in [6.07, 6.45) is 8.07. The third-order valence-electron chi connectivity index (χ3n) is 3.36. The van der Waals surface area contributed by atoms with Gasteiger partial charge >= 0.3 is 11.9 Å². The van der Waals surface area contributed by atoms with Gasteiger partial charge in [0.25, 0.3) is 0 Å². The molecule has 0 saturated heterocycles. The smallest absolute Gasteiger partial charge is 0.342 e. The molecule has 27 heavy (non-hydrogen) atoms. The summed E-state index contributed by atoms with van der Waals surface area (Å²) in [5, 5.41) is 0.331. The summed E-state index contributed by atoms with van der Waals surface area (Å²) in [4.78, 5) is 45.8. The van der Waals surface area contributed by atoms with E-state index >= 15 is 0 Å². The summed E-state index contributed by atoms with van der Waals surface area (Å²) in [6, 6.07) is 0. The van der Waals surface area contributed by atoms with E-state index in [2.05, 4.69) is 6.58 Å². The van der Waals surface area contributed by atoms with E-state index in [1.54, 1.807) is 18.2 Å². The van der Waals surface area contributed by atoms with Crippen LogP contribution in [0, 0.1) is 0 Å². The number of esters is 2. The third kappa shape index (κ3) is 8.00. The van der Waals surface area contributed by atoms with Crippen molar-refractivity contribution in [1.82, 2.24) is 0 Å². The average molecular weight is 393 g/mol. The second-order valence-electron chi connectivity index (χ2n) is 5.70. The van der Waals surface area contributed by atoms with Crippen LogP contribution in [0.3, 0.4) is 0 Å². The molecule has 0 spiro atoms. The first-order valence-electron chi connectivity index (χ1n) is 8.17. The lowest BCUT2D eigenvalue weighted by molar-refractivity contribution is -0.144. The van der Waals surface area contributed by atoms with Crippen molar-refractivity contribution in [1.29, 1.82) is 0 Å². The van der Waals surface area contributed by atoms with Gasteiger partial charge in [-0.05, 0) is 49.6 Å². The van der Waals surface area contributed by atoms with Gasteiger partial charge in [-0.1, -0.05) is 30.3 Å². The van der Waals surface area contributed by atoms with Gasteiger partial charge in [0.1, 0.15) is 31.0 Å². The molecular formula is C20H21ClO6. The largest absolute Gasteiger partial charge is 0.461 e. The van der Waals surface area contributed by atoms with E-state index < -0.39 is 17.7 Å². The normalized spacial score (nSPS) is 15.5. The fourth-order valence-corrected chi connectivity index (χ4v) is 2.34. The summed E-state index contributed by atoms with van der Waals surface area (Å²) < 4.78 is 9.82. The Morgan fingerprint density at radius 1 is 1.19 bits per heavy atom. The van der Waals surface area contributed by atoms with Crippen LogP contribution in [-0.2, 0) is 28.7 Å². The number of ether oxygens (including phenoxy) is 2. The van der Waals surface area contributed by atoms with Crippen molar-refractivity contribution in [3.05, 3.63) is 58.7 Å². The summed E-state index contributed by atoms with van der Waals surface area (Å²) in [5.41, 5.74) is 1.20. The lowest BCUT2D eigenvalue weighted by atomic mass is 9.99. The highest BCUT2D eigenvalue weighted by atomic mass is 35.5. The van der Waals surface area contributed by atoms with Crippen LogP contribution in [-0.4, -0.2) is 36.7 Å². The standard InChI is InChI=1S/C20H21ClO6/c1-4-8-27-20(25)17(14(3)23)12-16-6-5-15(11-18(16)21)7-9-26-19(24)10-13(2)22/h4,6-7,11-12H,1,5,8-10H2,2-3H3. The van der Waals surface area contributed by atoms with Crippen LogP contribution in [0.1, 0.15) is 26.7 Å². The molecule has 1 aliphatic rings. The molecule has 0 aromatic rings. The number of rotatable bonds is 9. The number of allylic oxidation sites excluding steroid dienone is 6. The van der Waals surface area contributed by atoms with Crippen molar-refractivity contribution in [3.63, 3.8) is 0 Å². The highest BCUT2D eigenvalue weighted by molar-refractivity contribution is 6.33. The minimum Gasteiger partial charge on any atom is -0.461 e. The average Bonchev–Trinajstić information content (AvgIpc) is 2.58. The maximum atomic E-state index is 11.9. The van der Waals surface area contributed by atoms with Gasteiger partial charge in [0, 0.05) is 5.03 Å². The van der Waals surface area contributed by atoms with Crippen LogP contribution in [0.5, 0.6) is 0 Å². The van der Waals surface area contributed by atoms with Crippen LogP contribution >= 0.6 is 11.6 Å². The Kier molecular flexibility index (Phi) is 9.16. The summed E-state index contributed by atoms with van der Waals surface area (Å²) in [5.74, 6) is -2.03. The molecule has 0 bridgehead atoms. The molecule has 7 heteroatoms. The van der Waals surface area contributed by atoms with Gasteiger partial charge in [-0.15, -0.1) is 0 Å². The number of hydrogen-bond donors (Lipinski definition) is 0. The zero-order valence-corrected chi connectivity index (χ0v) is 16.0. The number of halogens is 1.